The number of carbonyl (C=O) groups is 3. The molecule has 10 nitrogen and oxygen atoms in total. The number of ether oxygens (including phenoxy) is 1. The van der Waals surface area contributed by atoms with E-state index in [9.17, 15) is 29.6 Å². The maximum absolute atomic E-state index is 12.9. The smallest absolute Gasteiger partial charge is 0.326 e. The highest BCUT2D eigenvalue weighted by Gasteiger charge is 2.34. The van der Waals surface area contributed by atoms with Crippen molar-refractivity contribution in [3.05, 3.63) is 82.0 Å². The van der Waals surface area contributed by atoms with Crippen molar-refractivity contribution in [3.63, 3.8) is 0 Å². The van der Waals surface area contributed by atoms with Crippen molar-refractivity contribution in [2.75, 3.05) is 6.61 Å². The van der Waals surface area contributed by atoms with Gasteiger partial charge in [-0.15, -0.1) is 0 Å². The molecule has 2 atom stereocenters. The molecule has 170 valence electrons. The zero-order valence-corrected chi connectivity index (χ0v) is 17.6. The van der Waals surface area contributed by atoms with E-state index in [-0.39, 0.29) is 24.3 Å². The Morgan fingerprint density at radius 2 is 1.85 bits per heavy atom. The lowest BCUT2D eigenvalue weighted by molar-refractivity contribution is -0.384. The van der Waals surface area contributed by atoms with Gasteiger partial charge in [0, 0.05) is 29.6 Å². The van der Waals surface area contributed by atoms with E-state index < -0.39 is 34.7 Å². The number of esters is 1. The molecule has 10 heteroatoms. The molecule has 0 spiro atoms. The summed E-state index contributed by atoms with van der Waals surface area (Å²) >= 11 is 0. The first kappa shape index (κ1) is 23.3. The van der Waals surface area contributed by atoms with Gasteiger partial charge in [-0.1, -0.05) is 30.3 Å². The Bertz CT molecular complexity index is 1190. The lowest BCUT2D eigenvalue weighted by atomic mass is 9.88. The van der Waals surface area contributed by atoms with Crippen molar-refractivity contribution in [2.45, 2.75) is 25.3 Å². The molecule has 0 aliphatic carbocycles. The van der Waals surface area contributed by atoms with Gasteiger partial charge in [-0.2, -0.15) is 0 Å². The summed E-state index contributed by atoms with van der Waals surface area (Å²) in [6.45, 7) is 1.71. The predicted octanol–water partition coefficient (Wildman–Crippen LogP) is 3.06. The standard InChI is InChI=1S/C23H21N3O7/c1-2-33-20(27)12-18(14-7-9-17(10-8-14)26(31)32)21(23(29)30)25-22(28)16-11-15-5-3-4-6-19(15)24-13-16/h3-11,13,18,21H,2,12H2,1H3,(H,25,28)(H,29,30)/t18-,21+/m1/s1. The monoisotopic (exact) mass is 451 g/mol. The summed E-state index contributed by atoms with van der Waals surface area (Å²) in [4.78, 5) is 51.8. The summed E-state index contributed by atoms with van der Waals surface area (Å²) in [5.74, 6) is -3.74. The molecule has 0 radical (unpaired) electrons. The normalized spacial score (nSPS) is 12.5. The number of carboxylic acids is 1. The Morgan fingerprint density at radius 1 is 1.15 bits per heavy atom. The minimum atomic E-state index is -1.50. The fourth-order valence-corrected chi connectivity index (χ4v) is 3.43. The maximum atomic E-state index is 12.9. The van der Waals surface area contributed by atoms with Crippen LogP contribution in [0.1, 0.15) is 35.2 Å². The van der Waals surface area contributed by atoms with Gasteiger partial charge in [-0.05, 0) is 24.6 Å². The summed E-state index contributed by atoms with van der Waals surface area (Å²) < 4.78 is 4.96. The highest BCUT2D eigenvalue weighted by Crippen LogP contribution is 2.27. The average molecular weight is 451 g/mol. The molecule has 3 aromatic rings. The van der Waals surface area contributed by atoms with Crippen LogP contribution >= 0.6 is 0 Å². The molecule has 1 aromatic heterocycles. The number of benzene rings is 2. The fourth-order valence-electron chi connectivity index (χ4n) is 3.43. The second-order valence-electron chi connectivity index (χ2n) is 7.17. The van der Waals surface area contributed by atoms with Gasteiger partial charge in [0.15, 0.2) is 0 Å². The van der Waals surface area contributed by atoms with Crippen LogP contribution in [-0.2, 0) is 14.3 Å². The summed E-state index contributed by atoms with van der Waals surface area (Å²) in [7, 11) is 0. The third kappa shape index (κ3) is 5.67. The van der Waals surface area contributed by atoms with Gasteiger partial charge in [0.1, 0.15) is 6.04 Å². The number of hydrogen-bond donors (Lipinski definition) is 2. The summed E-state index contributed by atoms with van der Waals surface area (Å²) in [6, 6.07) is 12.4. The Hall–Kier alpha value is -4.34. The number of aliphatic carboxylic acids is 1. The number of nitro groups is 1. The SMILES string of the molecule is CCOC(=O)C[C@H](c1ccc([N+](=O)[O-])cc1)[C@H](NC(=O)c1cnc2ccccc2c1)C(=O)O. The first-order chi connectivity index (χ1) is 15.8. The molecule has 3 rings (SSSR count). The van der Waals surface area contributed by atoms with Gasteiger partial charge in [-0.3, -0.25) is 24.7 Å². The van der Waals surface area contributed by atoms with Crippen LogP contribution < -0.4 is 5.32 Å². The summed E-state index contributed by atoms with van der Waals surface area (Å²) in [6.07, 6.45) is 0.988. The number of para-hydroxylation sites is 1. The van der Waals surface area contributed by atoms with E-state index in [1.807, 2.05) is 0 Å². The van der Waals surface area contributed by atoms with E-state index in [2.05, 4.69) is 10.3 Å². The number of amides is 1. The number of nitrogens with one attached hydrogen (secondary N) is 1. The van der Waals surface area contributed by atoms with Crippen LogP contribution in [0.25, 0.3) is 10.9 Å². The van der Waals surface area contributed by atoms with Gasteiger partial charge in [0.2, 0.25) is 0 Å². The molecule has 0 fully saturated rings. The Morgan fingerprint density at radius 3 is 2.48 bits per heavy atom. The van der Waals surface area contributed by atoms with Crippen molar-refractivity contribution in [3.8, 4) is 0 Å². The van der Waals surface area contributed by atoms with Crippen LogP contribution in [0.4, 0.5) is 5.69 Å². The Balaban J connectivity index is 1.92. The first-order valence-corrected chi connectivity index (χ1v) is 10.1. The van der Waals surface area contributed by atoms with E-state index in [1.165, 1.54) is 30.5 Å². The third-order valence-electron chi connectivity index (χ3n) is 5.03. The lowest BCUT2D eigenvalue weighted by Gasteiger charge is -2.25. The lowest BCUT2D eigenvalue weighted by Crippen LogP contribution is -2.45. The molecule has 2 N–H and O–H groups in total. The molecule has 0 saturated carbocycles. The van der Waals surface area contributed by atoms with Gasteiger partial charge in [0.05, 0.1) is 29.0 Å². The molecule has 0 bridgehead atoms. The Labute approximate surface area is 188 Å². The van der Waals surface area contributed by atoms with Crippen LogP contribution in [0.5, 0.6) is 0 Å². The van der Waals surface area contributed by atoms with Crippen LogP contribution in [0.2, 0.25) is 0 Å². The Kier molecular flexibility index (Phi) is 7.29. The second kappa shape index (κ2) is 10.3. The van der Waals surface area contributed by atoms with Crippen molar-refractivity contribution < 1.29 is 29.2 Å². The summed E-state index contributed by atoms with van der Waals surface area (Å²) in [5.41, 5.74) is 0.971. The molecule has 0 unspecified atom stereocenters. The number of rotatable bonds is 9. The van der Waals surface area contributed by atoms with E-state index in [1.54, 1.807) is 37.3 Å². The molecule has 1 amide bonds. The number of non-ortho nitro benzene ring substituents is 1. The fraction of sp³-hybridized carbons (Fsp3) is 0.217. The van der Waals surface area contributed by atoms with Crippen molar-refractivity contribution >= 4 is 34.4 Å². The van der Waals surface area contributed by atoms with Crippen molar-refractivity contribution in [1.29, 1.82) is 0 Å². The third-order valence-corrected chi connectivity index (χ3v) is 5.03. The summed E-state index contributed by atoms with van der Waals surface area (Å²) in [5, 5.41) is 24.0. The maximum Gasteiger partial charge on any atom is 0.326 e. The zero-order valence-electron chi connectivity index (χ0n) is 17.6. The highest BCUT2D eigenvalue weighted by atomic mass is 16.6. The van der Waals surface area contributed by atoms with Crippen LogP contribution in [0.15, 0.2) is 60.8 Å². The number of pyridine rings is 1. The molecule has 0 aliphatic heterocycles. The largest absolute Gasteiger partial charge is 0.480 e. The van der Waals surface area contributed by atoms with Crippen molar-refractivity contribution in [1.82, 2.24) is 10.3 Å². The molecular formula is C23H21N3O7. The minimum absolute atomic E-state index is 0.0959. The van der Waals surface area contributed by atoms with Gasteiger partial charge >= 0.3 is 11.9 Å². The quantitative estimate of drug-likeness (QED) is 0.286. The number of carbonyl (C=O) groups excluding carboxylic acids is 2. The van der Waals surface area contributed by atoms with Gasteiger partial charge in [0.25, 0.3) is 11.6 Å². The van der Waals surface area contributed by atoms with Crippen LogP contribution in [0.3, 0.4) is 0 Å². The molecule has 2 aromatic carbocycles. The van der Waals surface area contributed by atoms with E-state index in [0.717, 1.165) is 0 Å². The number of nitrogens with zero attached hydrogens (tertiary/aromatic N) is 2. The second-order valence-corrected chi connectivity index (χ2v) is 7.17. The minimum Gasteiger partial charge on any atom is -0.480 e. The van der Waals surface area contributed by atoms with Crippen LogP contribution in [0, 0.1) is 10.1 Å². The van der Waals surface area contributed by atoms with E-state index >= 15 is 0 Å². The molecule has 0 saturated heterocycles. The van der Waals surface area contributed by atoms with E-state index in [0.29, 0.717) is 16.5 Å². The molecule has 33 heavy (non-hydrogen) atoms. The molecule has 0 aliphatic rings. The van der Waals surface area contributed by atoms with E-state index in [4.69, 9.17) is 4.74 Å². The number of nitro benzene ring substituents is 1. The highest BCUT2D eigenvalue weighted by molar-refractivity contribution is 5.99. The number of carboxylic acid groups (broad SMARTS) is 1. The first-order valence-electron chi connectivity index (χ1n) is 10.1. The zero-order chi connectivity index (χ0) is 24.0. The van der Waals surface area contributed by atoms with Crippen LogP contribution in [-0.4, -0.2) is 45.5 Å². The van der Waals surface area contributed by atoms with Gasteiger partial charge in [-0.25, -0.2) is 4.79 Å². The predicted molar refractivity (Wildman–Crippen MR) is 118 cm³/mol. The number of aromatic nitrogens is 1. The average Bonchev–Trinajstić information content (AvgIpc) is 2.81. The van der Waals surface area contributed by atoms with Gasteiger partial charge < -0.3 is 15.2 Å². The molecule has 1 heterocycles. The number of fused-ring (bicyclic) bond motifs is 1. The number of hydrogen-bond acceptors (Lipinski definition) is 7. The van der Waals surface area contributed by atoms with Crippen molar-refractivity contribution in [2.24, 2.45) is 0 Å². The topological polar surface area (TPSA) is 149 Å². The molecular weight excluding hydrogens is 430 g/mol.